The van der Waals surface area contributed by atoms with Crippen molar-refractivity contribution >= 4 is 11.3 Å². The van der Waals surface area contributed by atoms with E-state index in [4.69, 9.17) is 0 Å². The fourth-order valence-electron chi connectivity index (χ4n) is 1.12. The van der Waals surface area contributed by atoms with Crippen LogP contribution in [0.5, 0.6) is 0 Å². The molecule has 0 aromatic carbocycles. The summed E-state index contributed by atoms with van der Waals surface area (Å²) in [6, 6.07) is 3.83. The fourth-order valence-corrected chi connectivity index (χ4v) is 1.82. The summed E-state index contributed by atoms with van der Waals surface area (Å²) in [5.74, 6) is 0. The van der Waals surface area contributed by atoms with Gasteiger partial charge in [0.15, 0.2) is 0 Å². The van der Waals surface area contributed by atoms with Crippen molar-refractivity contribution in [2.75, 3.05) is 0 Å². The quantitative estimate of drug-likeness (QED) is 0.749. The minimum absolute atomic E-state index is 0.304. The lowest BCUT2D eigenvalue weighted by atomic mass is 10.2. The highest BCUT2D eigenvalue weighted by atomic mass is 32.1. The molecule has 13 heavy (non-hydrogen) atoms. The molecule has 0 aliphatic rings. The van der Waals surface area contributed by atoms with Crippen LogP contribution in [-0.4, -0.2) is 9.97 Å². The van der Waals surface area contributed by atoms with Crippen LogP contribution in [0.3, 0.4) is 0 Å². The van der Waals surface area contributed by atoms with Crippen LogP contribution in [0.4, 0.5) is 0 Å². The molecule has 0 bridgehead atoms. The van der Waals surface area contributed by atoms with Crippen molar-refractivity contribution in [3.05, 3.63) is 39.1 Å². The Bertz CT molecular complexity index is 472. The van der Waals surface area contributed by atoms with Gasteiger partial charge in [-0.15, -0.1) is 11.3 Å². The Balaban J connectivity index is 2.52. The van der Waals surface area contributed by atoms with Gasteiger partial charge >= 0.3 is 5.69 Å². The zero-order valence-corrected chi connectivity index (χ0v) is 7.89. The van der Waals surface area contributed by atoms with Gasteiger partial charge in [0.05, 0.1) is 5.69 Å². The van der Waals surface area contributed by atoms with Crippen LogP contribution in [0.25, 0.3) is 11.3 Å². The highest BCUT2D eigenvalue weighted by molar-refractivity contribution is 7.10. The SMILES string of the molecule is Cc1cc(-c2ccnc(=O)[nH]2)cs1. The average molecular weight is 192 g/mol. The number of nitrogens with zero attached hydrogens (tertiary/aromatic N) is 1. The van der Waals surface area contributed by atoms with Crippen LogP contribution >= 0.6 is 11.3 Å². The largest absolute Gasteiger partial charge is 0.345 e. The number of aromatic nitrogens is 2. The second-order valence-corrected chi connectivity index (χ2v) is 3.85. The number of rotatable bonds is 1. The normalized spacial score (nSPS) is 10.2. The highest BCUT2D eigenvalue weighted by Crippen LogP contribution is 2.21. The summed E-state index contributed by atoms with van der Waals surface area (Å²) in [5.41, 5.74) is 1.56. The molecule has 2 aromatic heterocycles. The van der Waals surface area contributed by atoms with Gasteiger partial charge in [0.25, 0.3) is 0 Å². The third kappa shape index (κ3) is 1.67. The van der Waals surface area contributed by atoms with E-state index in [2.05, 4.69) is 9.97 Å². The molecule has 0 unspecified atom stereocenters. The third-order valence-electron chi connectivity index (χ3n) is 1.72. The standard InChI is InChI=1S/C9H8N2OS/c1-6-4-7(5-13-6)8-2-3-10-9(12)11-8/h2-5H,1H3,(H,10,11,12). The van der Waals surface area contributed by atoms with Crippen LogP contribution in [0.2, 0.25) is 0 Å². The lowest BCUT2D eigenvalue weighted by Gasteiger charge is -1.94. The van der Waals surface area contributed by atoms with Gasteiger partial charge < -0.3 is 4.98 Å². The number of aryl methyl sites for hydroxylation is 1. The van der Waals surface area contributed by atoms with E-state index in [1.54, 1.807) is 17.4 Å². The van der Waals surface area contributed by atoms with Gasteiger partial charge in [-0.1, -0.05) is 0 Å². The second kappa shape index (κ2) is 3.14. The van der Waals surface area contributed by atoms with Gasteiger partial charge in [-0.05, 0) is 19.1 Å². The minimum Gasteiger partial charge on any atom is -0.305 e. The van der Waals surface area contributed by atoms with Crippen LogP contribution in [0.1, 0.15) is 4.88 Å². The van der Waals surface area contributed by atoms with Gasteiger partial charge in [0.2, 0.25) is 0 Å². The van der Waals surface area contributed by atoms with Crippen LogP contribution in [0, 0.1) is 6.92 Å². The van der Waals surface area contributed by atoms with Gasteiger partial charge in [-0.3, -0.25) is 0 Å². The third-order valence-corrected chi connectivity index (χ3v) is 2.58. The molecular weight excluding hydrogens is 184 g/mol. The predicted octanol–water partition coefficient (Wildman–Crippen LogP) is 1.81. The molecular formula is C9H8N2OS. The molecule has 0 aliphatic heterocycles. The summed E-state index contributed by atoms with van der Waals surface area (Å²) < 4.78 is 0. The van der Waals surface area contributed by atoms with Gasteiger partial charge in [-0.2, -0.15) is 0 Å². The summed E-state index contributed by atoms with van der Waals surface area (Å²) in [4.78, 5) is 18.4. The van der Waals surface area contributed by atoms with E-state index in [0.29, 0.717) is 0 Å². The van der Waals surface area contributed by atoms with E-state index < -0.39 is 0 Å². The molecule has 0 radical (unpaired) electrons. The molecule has 0 spiro atoms. The maximum Gasteiger partial charge on any atom is 0.345 e. The van der Waals surface area contributed by atoms with E-state index in [0.717, 1.165) is 11.3 Å². The summed E-state index contributed by atoms with van der Waals surface area (Å²) in [7, 11) is 0. The number of H-pyrrole nitrogens is 1. The van der Waals surface area contributed by atoms with Gasteiger partial charge in [0, 0.05) is 22.0 Å². The monoisotopic (exact) mass is 192 g/mol. The number of thiophene rings is 1. The topological polar surface area (TPSA) is 45.8 Å². The smallest absolute Gasteiger partial charge is 0.305 e. The van der Waals surface area contributed by atoms with Crippen LogP contribution < -0.4 is 5.69 Å². The fraction of sp³-hybridized carbons (Fsp3) is 0.111. The maximum absolute atomic E-state index is 10.9. The lowest BCUT2D eigenvalue weighted by molar-refractivity contribution is 1.08. The van der Waals surface area contributed by atoms with Crippen molar-refractivity contribution in [1.82, 2.24) is 9.97 Å². The molecule has 2 heterocycles. The molecule has 1 N–H and O–H groups in total. The zero-order valence-electron chi connectivity index (χ0n) is 7.07. The highest BCUT2D eigenvalue weighted by Gasteiger charge is 1.99. The molecule has 0 saturated carbocycles. The van der Waals surface area contributed by atoms with E-state index >= 15 is 0 Å². The molecule has 4 heteroatoms. The Labute approximate surface area is 79.1 Å². The summed E-state index contributed by atoms with van der Waals surface area (Å²) in [5, 5.41) is 2.01. The van der Waals surface area contributed by atoms with Gasteiger partial charge in [0.1, 0.15) is 0 Å². The van der Waals surface area contributed by atoms with E-state index in [9.17, 15) is 4.79 Å². The van der Waals surface area contributed by atoms with Crippen molar-refractivity contribution in [2.45, 2.75) is 6.92 Å². The molecule has 0 amide bonds. The second-order valence-electron chi connectivity index (χ2n) is 2.73. The van der Waals surface area contributed by atoms with Crippen LogP contribution in [-0.2, 0) is 0 Å². The zero-order chi connectivity index (χ0) is 9.26. The number of aromatic amines is 1. The average Bonchev–Trinajstić information content (AvgIpc) is 2.52. The lowest BCUT2D eigenvalue weighted by Crippen LogP contribution is -2.08. The first-order valence-electron chi connectivity index (χ1n) is 3.86. The molecule has 0 atom stereocenters. The van der Waals surface area contributed by atoms with E-state index in [1.165, 1.54) is 11.1 Å². The molecule has 3 nitrogen and oxygen atoms in total. The minimum atomic E-state index is -0.304. The predicted molar refractivity (Wildman–Crippen MR) is 52.9 cm³/mol. The molecule has 66 valence electrons. The van der Waals surface area contributed by atoms with Crippen molar-refractivity contribution in [2.24, 2.45) is 0 Å². The maximum atomic E-state index is 10.9. The van der Waals surface area contributed by atoms with Crippen molar-refractivity contribution < 1.29 is 0 Å². The Hall–Kier alpha value is -1.42. The van der Waals surface area contributed by atoms with Crippen LogP contribution in [0.15, 0.2) is 28.5 Å². The van der Waals surface area contributed by atoms with E-state index in [-0.39, 0.29) is 5.69 Å². The van der Waals surface area contributed by atoms with Gasteiger partial charge in [-0.25, -0.2) is 9.78 Å². The molecule has 2 aromatic rings. The molecule has 0 aliphatic carbocycles. The van der Waals surface area contributed by atoms with E-state index in [1.807, 2.05) is 18.4 Å². The summed E-state index contributed by atoms with van der Waals surface area (Å²) in [6.45, 7) is 2.04. The first-order valence-corrected chi connectivity index (χ1v) is 4.74. The Kier molecular flexibility index (Phi) is 1.98. The number of hydrogen-bond donors (Lipinski definition) is 1. The Morgan fingerprint density at radius 3 is 3.00 bits per heavy atom. The Morgan fingerprint density at radius 2 is 2.38 bits per heavy atom. The molecule has 0 fully saturated rings. The Morgan fingerprint density at radius 1 is 1.54 bits per heavy atom. The van der Waals surface area contributed by atoms with Crippen molar-refractivity contribution in [3.63, 3.8) is 0 Å². The first-order chi connectivity index (χ1) is 6.25. The van der Waals surface area contributed by atoms with Crippen molar-refractivity contribution in [3.8, 4) is 11.3 Å². The molecule has 0 saturated heterocycles. The number of nitrogens with one attached hydrogen (secondary N) is 1. The number of hydrogen-bond acceptors (Lipinski definition) is 3. The summed E-state index contributed by atoms with van der Waals surface area (Å²) in [6.07, 6.45) is 1.52. The summed E-state index contributed by atoms with van der Waals surface area (Å²) >= 11 is 1.66. The molecule has 2 rings (SSSR count). The van der Waals surface area contributed by atoms with Crippen molar-refractivity contribution in [1.29, 1.82) is 0 Å². The first kappa shape index (κ1) is 8.19.